The molecule has 0 aliphatic heterocycles. The second kappa shape index (κ2) is 5.49. The van der Waals surface area contributed by atoms with E-state index in [0.29, 0.717) is 30.2 Å². The molecule has 2 aromatic rings. The first-order valence-corrected chi connectivity index (χ1v) is 6.74. The fraction of sp³-hybridized carbons (Fsp3) is 0.308. The average molecular weight is 323 g/mol. The highest BCUT2D eigenvalue weighted by molar-refractivity contribution is 9.10. The third kappa shape index (κ3) is 2.38. The molecule has 4 nitrogen and oxygen atoms in total. The van der Waals surface area contributed by atoms with Crippen molar-refractivity contribution < 1.29 is 4.39 Å². The van der Waals surface area contributed by atoms with E-state index in [1.54, 1.807) is 12.1 Å². The molecule has 0 fully saturated rings. The Bertz CT molecular complexity index is 657. The molecule has 0 amide bonds. The lowest BCUT2D eigenvalue weighted by molar-refractivity contribution is 0.598. The summed E-state index contributed by atoms with van der Waals surface area (Å²) in [4.78, 5) is 4.34. The minimum atomic E-state index is -0.499. The van der Waals surface area contributed by atoms with Gasteiger partial charge in [0.15, 0.2) is 11.6 Å². The molecule has 0 aliphatic carbocycles. The van der Waals surface area contributed by atoms with Gasteiger partial charge in [-0.2, -0.15) is 10.4 Å². The Morgan fingerprint density at radius 2 is 2.11 bits per heavy atom. The molecule has 0 N–H and O–H groups in total. The number of hydrogen-bond donors (Lipinski definition) is 0. The van der Waals surface area contributed by atoms with E-state index in [9.17, 15) is 4.39 Å². The number of aromatic nitrogens is 3. The summed E-state index contributed by atoms with van der Waals surface area (Å²) < 4.78 is 15.9. The number of aryl methyl sites for hydroxylation is 2. The molecule has 98 valence electrons. The third-order valence-electron chi connectivity index (χ3n) is 2.76. The van der Waals surface area contributed by atoms with Crippen LogP contribution in [-0.4, -0.2) is 14.8 Å². The van der Waals surface area contributed by atoms with Crippen molar-refractivity contribution in [1.29, 1.82) is 5.26 Å². The van der Waals surface area contributed by atoms with E-state index in [1.807, 2.05) is 19.9 Å². The summed E-state index contributed by atoms with van der Waals surface area (Å²) in [6.07, 6.45) is 1.35. The maximum atomic E-state index is 14.3. The fourth-order valence-corrected chi connectivity index (χ4v) is 2.18. The lowest BCUT2D eigenvalue weighted by Gasteiger charge is -2.07. The number of rotatable bonds is 3. The summed E-state index contributed by atoms with van der Waals surface area (Å²) in [5.74, 6) is 0.880. The van der Waals surface area contributed by atoms with Gasteiger partial charge in [-0.15, -0.1) is 0 Å². The van der Waals surface area contributed by atoms with Crippen LogP contribution >= 0.6 is 15.9 Å². The van der Waals surface area contributed by atoms with Crippen LogP contribution in [-0.2, 0) is 12.8 Å². The van der Waals surface area contributed by atoms with Crippen LogP contribution in [0.4, 0.5) is 4.39 Å². The first kappa shape index (κ1) is 13.7. The van der Waals surface area contributed by atoms with Gasteiger partial charge in [0.05, 0.1) is 10.0 Å². The van der Waals surface area contributed by atoms with Crippen molar-refractivity contribution in [3.63, 3.8) is 0 Å². The predicted octanol–water partition coefficient (Wildman–Crippen LogP) is 3.17. The second-order valence-corrected chi connectivity index (χ2v) is 4.73. The first-order valence-electron chi connectivity index (χ1n) is 5.95. The average Bonchev–Trinajstić information content (AvgIpc) is 2.85. The van der Waals surface area contributed by atoms with Gasteiger partial charge in [-0.3, -0.25) is 0 Å². The Balaban J connectivity index is 2.63. The van der Waals surface area contributed by atoms with Gasteiger partial charge in [-0.25, -0.2) is 14.1 Å². The zero-order valence-electron chi connectivity index (χ0n) is 10.6. The summed E-state index contributed by atoms with van der Waals surface area (Å²) in [5.41, 5.74) is 0.560. The first-order chi connectivity index (χ1) is 9.12. The molecule has 2 rings (SSSR count). The fourth-order valence-electron chi connectivity index (χ4n) is 1.75. The monoisotopic (exact) mass is 322 g/mol. The maximum absolute atomic E-state index is 14.3. The van der Waals surface area contributed by atoms with E-state index in [2.05, 4.69) is 26.0 Å². The number of nitrogens with zero attached hydrogens (tertiary/aromatic N) is 4. The highest BCUT2D eigenvalue weighted by Crippen LogP contribution is 2.26. The van der Waals surface area contributed by atoms with Crippen molar-refractivity contribution in [2.45, 2.75) is 26.7 Å². The van der Waals surface area contributed by atoms with Crippen LogP contribution in [0, 0.1) is 17.1 Å². The minimum Gasteiger partial charge on any atom is -0.216 e. The normalized spacial score (nSPS) is 10.5. The molecule has 0 spiro atoms. The van der Waals surface area contributed by atoms with E-state index in [1.165, 1.54) is 4.68 Å². The van der Waals surface area contributed by atoms with Crippen LogP contribution in [0.2, 0.25) is 0 Å². The van der Waals surface area contributed by atoms with E-state index < -0.39 is 5.82 Å². The number of nitriles is 1. The van der Waals surface area contributed by atoms with E-state index in [-0.39, 0.29) is 10.0 Å². The molecule has 0 bridgehead atoms. The van der Waals surface area contributed by atoms with Gasteiger partial charge in [0, 0.05) is 12.8 Å². The summed E-state index contributed by atoms with van der Waals surface area (Å²) in [6, 6.07) is 5.04. The molecule has 1 heterocycles. The molecular weight excluding hydrogens is 311 g/mol. The van der Waals surface area contributed by atoms with Crippen LogP contribution in [0.25, 0.3) is 5.69 Å². The molecule has 1 aromatic carbocycles. The van der Waals surface area contributed by atoms with Gasteiger partial charge in [0.25, 0.3) is 0 Å². The molecule has 0 unspecified atom stereocenters. The van der Waals surface area contributed by atoms with Gasteiger partial charge in [0.1, 0.15) is 17.6 Å². The standard InChI is InChI=1S/C13H12BrFN4/c1-3-10-17-11(4-2)19(18-10)9-6-5-8(7-16)12(14)13(9)15/h5-6H,3-4H2,1-2H3. The minimum absolute atomic E-state index is 0.156. The molecule has 0 atom stereocenters. The van der Waals surface area contributed by atoms with E-state index in [0.717, 1.165) is 0 Å². The Kier molecular flexibility index (Phi) is 3.96. The number of hydrogen-bond acceptors (Lipinski definition) is 3. The van der Waals surface area contributed by atoms with Crippen molar-refractivity contribution >= 4 is 15.9 Å². The molecule has 6 heteroatoms. The Morgan fingerprint density at radius 3 is 2.68 bits per heavy atom. The quantitative estimate of drug-likeness (QED) is 0.872. The van der Waals surface area contributed by atoms with Gasteiger partial charge in [-0.1, -0.05) is 13.8 Å². The topological polar surface area (TPSA) is 54.5 Å². The Labute approximate surface area is 119 Å². The molecule has 0 saturated carbocycles. The molecule has 0 aliphatic rings. The maximum Gasteiger partial charge on any atom is 0.164 e. The molecule has 0 radical (unpaired) electrons. The van der Waals surface area contributed by atoms with E-state index in [4.69, 9.17) is 5.26 Å². The van der Waals surface area contributed by atoms with Gasteiger partial charge in [0.2, 0.25) is 0 Å². The van der Waals surface area contributed by atoms with Crippen LogP contribution in [0.3, 0.4) is 0 Å². The van der Waals surface area contributed by atoms with Gasteiger partial charge in [-0.05, 0) is 28.1 Å². The van der Waals surface area contributed by atoms with Crippen LogP contribution in [0.15, 0.2) is 16.6 Å². The number of halogens is 2. The smallest absolute Gasteiger partial charge is 0.164 e. The second-order valence-electron chi connectivity index (χ2n) is 3.94. The summed E-state index contributed by atoms with van der Waals surface area (Å²) in [6.45, 7) is 3.89. The summed E-state index contributed by atoms with van der Waals surface area (Å²) in [7, 11) is 0. The van der Waals surface area contributed by atoms with Crippen LogP contribution in [0.1, 0.15) is 31.1 Å². The molecular formula is C13H12BrFN4. The summed E-state index contributed by atoms with van der Waals surface area (Å²) >= 11 is 3.10. The molecule has 19 heavy (non-hydrogen) atoms. The van der Waals surface area contributed by atoms with Crippen molar-refractivity contribution in [2.75, 3.05) is 0 Å². The van der Waals surface area contributed by atoms with Gasteiger partial charge < -0.3 is 0 Å². The zero-order chi connectivity index (χ0) is 14.0. The van der Waals surface area contributed by atoms with Crippen LogP contribution in [0.5, 0.6) is 0 Å². The van der Waals surface area contributed by atoms with Crippen molar-refractivity contribution in [3.8, 4) is 11.8 Å². The van der Waals surface area contributed by atoms with Crippen molar-refractivity contribution in [2.24, 2.45) is 0 Å². The number of benzene rings is 1. The highest BCUT2D eigenvalue weighted by atomic mass is 79.9. The molecule has 0 saturated heterocycles. The lowest BCUT2D eigenvalue weighted by atomic mass is 10.2. The SMILES string of the molecule is CCc1nc(CC)n(-c2ccc(C#N)c(Br)c2F)n1. The predicted molar refractivity (Wildman–Crippen MR) is 72.5 cm³/mol. The van der Waals surface area contributed by atoms with Crippen LogP contribution < -0.4 is 0 Å². The van der Waals surface area contributed by atoms with Crippen molar-refractivity contribution in [3.05, 3.63) is 39.6 Å². The third-order valence-corrected chi connectivity index (χ3v) is 3.54. The highest BCUT2D eigenvalue weighted by Gasteiger charge is 2.16. The summed E-state index contributed by atoms with van der Waals surface area (Å²) in [5, 5.41) is 13.2. The molecule has 1 aromatic heterocycles. The Morgan fingerprint density at radius 1 is 1.37 bits per heavy atom. The van der Waals surface area contributed by atoms with Crippen molar-refractivity contribution in [1.82, 2.24) is 14.8 Å². The Hall–Kier alpha value is -1.74. The van der Waals surface area contributed by atoms with E-state index >= 15 is 0 Å². The van der Waals surface area contributed by atoms with Gasteiger partial charge >= 0.3 is 0 Å². The largest absolute Gasteiger partial charge is 0.216 e. The zero-order valence-corrected chi connectivity index (χ0v) is 12.2. The lowest BCUT2D eigenvalue weighted by Crippen LogP contribution is -2.05.